The first kappa shape index (κ1) is 21.1. The number of nitro groups is 1. The zero-order chi connectivity index (χ0) is 24.4. The first-order valence-electron chi connectivity index (χ1n) is 10.5. The third kappa shape index (κ3) is 3.07. The molecule has 0 aliphatic carbocycles. The number of β-lactam (4-membered cyclic amide) rings is 1. The van der Waals surface area contributed by atoms with E-state index in [-0.39, 0.29) is 23.6 Å². The number of halogens is 1. The summed E-state index contributed by atoms with van der Waals surface area (Å²) < 4.78 is 10.8. The number of ether oxygens (including phenoxy) is 2. The summed E-state index contributed by atoms with van der Waals surface area (Å²) in [7, 11) is 0. The lowest BCUT2D eigenvalue weighted by Crippen LogP contribution is -2.67. The standard InChI is InChI=1S/C24H14ClN3O7/c25-13-2-4-14(5-3-13)26-20(12-1-8-18-19(9-12)35-11-34-18)21(24(26)31)27-22(29)16-7-6-15(28(32)33)10-17(16)23(27)30/h1-10,20-21H,11H2. The van der Waals surface area contributed by atoms with Gasteiger partial charge in [0.25, 0.3) is 23.4 Å². The average molecular weight is 492 g/mol. The van der Waals surface area contributed by atoms with Crippen LogP contribution < -0.4 is 14.4 Å². The minimum Gasteiger partial charge on any atom is -0.454 e. The zero-order valence-electron chi connectivity index (χ0n) is 17.7. The Morgan fingerprint density at radius 3 is 2.29 bits per heavy atom. The highest BCUT2D eigenvalue weighted by Crippen LogP contribution is 2.46. The summed E-state index contributed by atoms with van der Waals surface area (Å²) in [5, 5.41) is 11.7. The van der Waals surface area contributed by atoms with E-state index in [1.807, 2.05) is 0 Å². The molecule has 11 heteroatoms. The second-order valence-corrected chi connectivity index (χ2v) is 8.59. The number of carbonyl (C=O) groups is 3. The molecular formula is C24H14ClN3O7. The number of carbonyl (C=O) groups excluding carboxylic acids is 3. The lowest BCUT2D eigenvalue weighted by Gasteiger charge is -2.49. The Morgan fingerprint density at radius 1 is 0.829 bits per heavy atom. The fourth-order valence-electron chi connectivity index (χ4n) is 4.66. The van der Waals surface area contributed by atoms with E-state index in [1.54, 1.807) is 42.5 Å². The van der Waals surface area contributed by atoms with E-state index < -0.39 is 34.7 Å². The highest BCUT2D eigenvalue weighted by atomic mass is 35.5. The maximum absolute atomic E-state index is 13.5. The van der Waals surface area contributed by atoms with Gasteiger partial charge >= 0.3 is 0 Å². The van der Waals surface area contributed by atoms with E-state index in [0.29, 0.717) is 27.8 Å². The Hall–Kier alpha value is -4.44. The van der Waals surface area contributed by atoms with E-state index in [4.69, 9.17) is 21.1 Å². The van der Waals surface area contributed by atoms with Gasteiger partial charge in [0.05, 0.1) is 22.1 Å². The number of hydrogen-bond acceptors (Lipinski definition) is 7. The number of non-ortho nitro benzene ring substituents is 1. The van der Waals surface area contributed by atoms with Crippen LogP contribution >= 0.6 is 11.6 Å². The summed E-state index contributed by atoms with van der Waals surface area (Å²) in [6.45, 7) is 0.0594. The maximum Gasteiger partial charge on any atom is 0.270 e. The number of fused-ring (bicyclic) bond motifs is 2. The van der Waals surface area contributed by atoms with E-state index in [1.165, 1.54) is 11.0 Å². The van der Waals surface area contributed by atoms with Gasteiger partial charge in [-0.05, 0) is 48.0 Å². The highest BCUT2D eigenvalue weighted by molar-refractivity contribution is 6.30. The average Bonchev–Trinajstić information content (AvgIpc) is 3.41. The Morgan fingerprint density at radius 2 is 1.54 bits per heavy atom. The molecule has 0 N–H and O–H groups in total. The molecule has 3 aromatic carbocycles. The normalized spacial score (nSPS) is 20.2. The Balaban J connectivity index is 1.43. The van der Waals surface area contributed by atoms with Crippen LogP contribution in [-0.2, 0) is 4.79 Å². The number of rotatable bonds is 4. The largest absolute Gasteiger partial charge is 0.454 e. The van der Waals surface area contributed by atoms with Crippen molar-refractivity contribution in [3.05, 3.63) is 92.5 Å². The highest BCUT2D eigenvalue weighted by Gasteiger charge is 2.57. The van der Waals surface area contributed by atoms with Gasteiger partial charge < -0.3 is 14.4 Å². The summed E-state index contributed by atoms with van der Waals surface area (Å²) >= 11 is 6.01. The smallest absolute Gasteiger partial charge is 0.270 e. The third-order valence-corrected chi connectivity index (χ3v) is 6.55. The summed E-state index contributed by atoms with van der Waals surface area (Å²) in [5.41, 5.74) is 0.748. The molecule has 1 saturated heterocycles. The van der Waals surface area contributed by atoms with Gasteiger partial charge in [0.15, 0.2) is 11.5 Å². The quantitative estimate of drug-likeness (QED) is 0.236. The SMILES string of the molecule is O=C1c2ccc([N+](=O)[O-])cc2C(=O)N1C1C(=O)N(c2ccc(Cl)cc2)C1c1ccc2c(c1)OCO2. The predicted octanol–water partition coefficient (Wildman–Crippen LogP) is 3.73. The Bertz CT molecular complexity index is 1460. The first-order chi connectivity index (χ1) is 16.8. The van der Waals surface area contributed by atoms with Crippen molar-refractivity contribution in [2.24, 2.45) is 0 Å². The third-order valence-electron chi connectivity index (χ3n) is 6.30. The predicted molar refractivity (Wildman–Crippen MR) is 122 cm³/mol. The number of anilines is 1. The molecule has 0 saturated carbocycles. The van der Waals surface area contributed by atoms with Gasteiger partial charge in [-0.15, -0.1) is 0 Å². The van der Waals surface area contributed by atoms with Crippen molar-refractivity contribution in [1.82, 2.24) is 4.90 Å². The fourth-order valence-corrected chi connectivity index (χ4v) is 4.78. The van der Waals surface area contributed by atoms with Crippen LogP contribution in [0, 0.1) is 10.1 Å². The van der Waals surface area contributed by atoms with Crippen LogP contribution in [0.25, 0.3) is 0 Å². The molecule has 2 unspecified atom stereocenters. The molecule has 3 heterocycles. The van der Waals surface area contributed by atoms with E-state index in [2.05, 4.69) is 0 Å². The second kappa shape index (κ2) is 7.54. The van der Waals surface area contributed by atoms with Crippen LogP contribution in [0.3, 0.4) is 0 Å². The molecule has 35 heavy (non-hydrogen) atoms. The monoisotopic (exact) mass is 491 g/mol. The maximum atomic E-state index is 13.5. The number of nitro benzene ring substituents is 1. The van der Waals surface area contributed by atoms with E-state index in [9.17, 15) is 24.5 Å². The van der Waals surface area contributed by atoms with Gasteiger partial charge in [-0.25, -0.2) is 0 Å². The summed E-state index contributed by atoms with van der Waals surface area (Å²) in [4.78, 5) is 52.8. The molecular weight excluding hydrogens is 478 g/mol. The van der Waals surface area contributed by atoms with Crippen LogP contribution in [0.4, 0.5) is 11.4 Å². The summed E-state index contributed by atoms with van der Waals surface area (Å²) in [6, 6.07) is 13.3. The molecule has 2 atom stereocenters. The van der Waals surface area contributed by atoms with Crippen LogP contribution in [0.2, 0.25) is 5.02 Å². The minimum atomic E-state index is -1.16. The van der Waals surface area contributed by atoms with E-state index in [0.717, 1.165) is 17.0 Å². The van der Waals surface area contributed by atoms with Crippen molar-refractivity contribution in [2.45, 2.75) is 12.1 Å². The molecule has 10 nitrogen and oxygen atoms in total. The van der Waals surface area contributed by atoms with Crippen molar-refractivity contribution in [2.75, 3.05) is 11.7 Å². The number of nitrogens with zero attached hydrogens (tertiary/aromatic N) is 3. The fraction of sp³-hybridized carbons (Fsp3) is 0.125. The summed E-state index contributed by atoms with van der Waals surface area (Å²) in [6.07, 6.45) is 0. The van der Waals surface area contributed by atoms with Crippen molar-refractivity contribution in [3.8, 4) is 11.5 Å². The first-order valence-corrected chi connectivity index (χ1v) is 10.9. The number of amides is 3. The minimum absolute atomic E-state index is 0.0165. The number of imide groups is 1. The molecule has 3 aliphatic heterocycles. The molecule has 3 amide bonds. The lowest BCUT2D eigenvalue weighted by molar-refractivity contribution is -0.384. The zero-order valence-corrected chi connectivity index (χ0v) is 18.5. The molecule has 3 aromatic rings. The van der Waals surface area contributed by atoms with Crippen LogP contribution in [0.15, 0.2) is 60.7 Å². The van der Waals surface area contributed by atoms with Crippen LogP contribution in [0.1, 0.15) is 32.3 Å². The molecule has 0 bridgehead atoms. The molecule has 6 rings (SSSR count). The van der Waals surface area contributed by atoms with Crippen LogP contribution in [0.5, 0.6) is 11.5 Å². The van der Waals surface area contributed by atoms with Gasteiger partial charge in [-0.1, -0.05) is 17.7 Å². The molecule has 1 fully saturated rings. The van der Waals surface area contributed by atoms with Gasteiger partial charge in [-0.3, -0.25) is 29.4 Å². The van der Waals surface area contributed by atoms with Gasteiger partial charge in [0, 0.05) is 22.8 Å². The number of benzene rings is 3. The van der Waals surface area contributed by atoms with Crippen molar-refractivity contribution >= 4 is 40.7 Å². The molecule has 0 radical (unpaired) electrons. The Labute approximate surface area is 202 Å². The van der Waals surface area contributed by atoms with Crippen molar-refractivity contribution in [3.63, 3.8) is 0 Å². The summed E-state index contributed by atoms with van der Waals surface area (Å²) in [5.74, 6) is -0.885. The Kier molecular flexibility index (Phi) is 4.55. The molecule has 174 valence electrons. The molecule has 3 aliphatic rings. The topological polar surface area (TPSA) is 119 Å². The molecule has 0 spiro atoms. The van der Waals surface area contributed by atoms with Gasteiger partial charge in [-0.2, -0.15) is 0 Å². The van der Waals surface area contributed by atoms with Crippen molar-refractivity contribution in [1.29, 1.82) is 0 Å². The molecule has 0 aromatic heterocycles. The van der Waals surface area contributed by atoms with Gasteiger partial charge in [0.1, 0.15) is 6.04 Å². The number of hydrogen-bond donors (Lipinski definition) is 0. The second-order valence-electron chi connectivity index (χ2n) is 8.15. The van der Waals surface area contributed by atoms with Crippen molar-refractivity contribution < 1.29 is 28.8 Å². The van der Waals surface area contributed by atoms with Gasteiger partial charge in [0.2, 0.25) is 6.79 Å². The lowest BCUT2D eigenvalue weighted by atomic mass is 9.86. The van der Waals surface area contributed by atoms with Crippen LogP contribution in [-0.4, -0.2) is 40.4 Å². The van der Waals surface area contributed by atoms with E-state index >= 15 is 0 Å².